The van der Waals surface area contributed by atoms with Gasteiger partial charge in [-0.05, 0) is 12.1 Å². The number of carbonyl (C=O) groups excluding carboxylic acids is 1. The number of hydrogen-bond acceptors (Lipinski definition) is 5. The van der Waals surface area contributed by atoms with Crippen LogP contribution in [-0.2, 0) is 16.1 Å². The first kappa shape index (κ1) is 14.0. The molecule has 1 atom stereocenters. The third-order valence-corrected chi connectivity index (χ3v) is 3.86. The Morgan fingerprint density at radius 1 is 1.63 bits per heavy atom. The van der Waals surface area contributed by atoms with Gasteiger partial charge < -0.3 is 15.6 Å². The molecule has 1 amide bonds. The molecule has 1 unspecified atom stereocenters. The van der Waals surface area contributed by atoms with E-state index >= 15 is 0 Å². The number of ether oxygens (including phenoxy) is 1. The average molecular weight is 280 g/mol. The minimum Gasteiger partial charge on any atom is -0.384 e. The highest BCUT2D eigenvalue weighted by Gasteiger charge is 2.27. The normalized spacial score (nSPS) is 19.7. The molecule has 1 aromatic rings. The predicted molar refractivity (Wildman–Crippen MR) is 72.5 cm³/mol. The number of aliphatic hydroxyl groups is 1. The number of aliphatic hydroxyl groups excluding tert-OH is 1. The van der Waals surface area contributed by atoms with E-state index < -0.39 is 0 Å². The van der Waals surface area contributed by atoms with Gasteiger partial charge in [-0.15, -0.1) is 11.3 Å². The number of thiophene rings is 1. The van der Waals surface area contributed by atoms with E-state index in [9.17, 15) is 4.79 Å². The molecule has 1 aliphatic rings. The lowest BCUT2D eigenvalue weighted by Crippen LogP contribution is -2.51. The van der Waals surface area contributed by atoms with Gasteiger partial charge in [0.15, 0.2) is 0 Å². The van der Waals surface area contributed by atoms with Crippen LogP contribution in [0.25, 0.3) is 0 Å². The number of rotatable bonds is 3. The number of carbonyl (C=O) groups is 1. The van der Waals surface area contributed by atoms with Crippen LogP contribution in [0.4, 0.5) is 0 Å². The number of amides is 1. The molecule has 0 radical (unpaired) electrons. The van der Waals surface area contributed by atoms with Gasteiger partial charge in [0.1, 0.15) is 12.6 Å². The Balaban J connectivity index is 2.02. The molecule has 0 saturated carbocycles. The predicted octanol–water partition coefficient (Wildman–Crippen LogP) is -0.222. The summed E-state index contributed by atoms with van der Waals surface area (Å²) in [4.78, 5) is 15.4. The zero-order valence-corrected chi connectivity index (χ0v) is 11.3. The molecule has 0 aromatic carbocycles. The van der Waals surface area contributed by atoms with Crippen molar-refractivity contribution in [1.29, 1.82) is 0 Å². The third-order valence-electron chi connectivity index (χ3n) is 2.88. The molecule has 0 spiro atoms. The molecule has 102 valence electrons. The van der Waals surface area contributed by atoms with Gasteiger partial charge >= 0.3 is 0 Å². The standard InChI is InChI=1S/C13H16N2O3S/c14-13(17)12-9-18-7-5-15(12)8-11-4-3-10(19-11)2-1-6-16/h3-4,12,16H,5-9H2,(H2,14,17). The number of morpholine rings is 1. The summed E-state index contributed by atoms with van der Waals surface area (Å²) in [7, 11) is 0. The lowest BCUT2D eigenvalue weighted by atomic mass is 10.2. The van der Waals surface area contributed by atoms with Gasteiger partial charge in [-0.2, -0.15) is 0 Å². The van der Waals surface area contributed by atoms with E-state index in [0.29, 0.717) is 26.3 Å². The fourth-order valence-corrected chi connectivity index (χ4v) is 2.85. The van der Waals surface area contributed by atoms with E-state index in [-0.39, 0.29) is 18.6 Å². The third kappa shape index (κ3) is 3.78. The van der Waals surface area contributed by atoms with Gasteiger partial charge in [0, 0.05) is 18.0 Å². The van der Waals surface area contributed by atoms with Crippen LogP contribution >= 0.6 is 11.3 Å². The van der Waals surface area contributed by atoms with Crippen molar-refractivity contribution in [2.24, 2.45) is 5.73 Å². The number of nitrogens with zero attached hydrogens (tertiary/aromatic N) is 1. The van der Waals surface area contributed by atoms with Gasteiger partial charge in [0.2, 0.25) is 5.91 Å². The molecule has 3 N–H and O–H groups in total. The summed E-state index contributed by atoms with van der Waals surface area (Å²) in [5.41, 5.74) is 5.37. The highest BCUT2D eigenvalue weighted by Crippen LogP contribution is 2.19. The Bertz CT molecular complexity index is 503. The van der Waals surface area contributed by atoms with E-state index in [0.717, 1.165) is 9.75 Å². The molecule has 5 nitrogen and oxygen atoms in total. The van der Waals surface area contributed by atoms with E-state index in [4.69, 9.17) is 15.6 Å². The van der Waals surface area contributed by atoms with Crippen LogP contribution in [0.3, 0.4) is 0 Å². The van der Waals surface area contributed by atoms with Crippen molar-refractivity contribution in [2.75, 3.05) is 26.4 Å². The summed E-state index contributed by atoms with van der Waals surface area (Å²) in [6.45, 7) is 2.20. The minimum atomic E-state index is -0.358. The molecule has 1 fully saturated rings. The monoisotopic (exact) mass is 280 g/mol. The quantitative estimate of drug-likeness (QED) is 0.751. The lowest BCUT2D eigenvalue weighted by molar-refractivity contribution is -0.129. The summed E-state index contributed by atoms with van der Waals surface area (Å²) < 4.78 is 5.28. The molecular weight excluding hydrogens is 264 g/mol. The molecule has 0 bridgehead atoms. The SMILES string of the molecule is NC(=O)C1COCCN1Cc1ccc(C#CCO)s1. The highest BCUT2D eigenvalue weighted by atomic mass is 32.1. The molecule has 1 saturated heterocycles. The van der Waals surface area contributed by atoms with Crippen molar-refractivity contribution in [3.63, 3.8) is 0 Å². The maximum Gasteiger partial charge on any atom is 0.237 e. The van der Waals surface area contributed by atoms with Crippen molar-refractivity contribution in [3.8, 4) is 11.8 Å². The van der Waals surface area contributed by atoms with Gasteiger partial charge in [0.05, 0.1) is 18.1 Å². The maximum atomic E-state index is 11.4. The molecule has 1 aliphatic heterocycles. The molecule has 2 rings (SSSR count). The zero-order chi connectivity index (χ0) is 13.7. The Morgan fingerprint density at radius 2 is 2.47 bits per heavy atom. The lowest BCUT2D eigenvalue weighted by Gasteiger charge is -2.32. The van der Waals surface area contributed by atoms with Crippen LogP contribution in [0, 0.1) is 11.8 Å². The van der Waals surface area contributed by atoms with Crippen molar-refractivity contribution in [3.05, 3.63) is 21.9 Å². The van der Waals surface area contributed by atoms with Crippen LogP contribution in [0.5, 0.6) is 0 Å². The summed E-state index contributed by atoms with van der Waals surface area (Å²) in [5.74, 6) is 5.14. The van der Waals surface area contributed by atoms with E-state index in [1.807, 2.05) is 17.0 Å². The van der Waals surface area contributed by atoms with Gasteiger partial charge in [-0.1, -0.05) is 11.8 Å². The minimum absolute atomic E-state index is 0.138. The molecular formula is C13H16N2O3S. The second kappa shape index (κ2) is 6.68. The highest BCUT2D eigenvalue weighted by molar-refractivity contribution is 7.12. The van der Waals surface area contributed by atoms with Crippen LogP contribution in [0.2, 0.25) is 0 Å². The van der Waals surface area contributed by atoms with Crippen LogP contribution in [0.15, 0.2) is 12.1 Å². The summed E-state index contributed by atoms with van der Waals surface area (Å²) in [5, 5.41) is 8.65. The molecule has 2 heterocycles. The van der Waals surface area contributed by atoms with Crippen molar-refractivity contribution in [1.82, 2.24) is 4.90 Å². The van der Waals surface area contributed by atoms with Crippen LogP contribution in [0.1, 0.15) is 9.75 Å². The van der Waals surface area contributed by atoms with E-state index in [1.165, 1.54) is 0 Å². The Hall–Kier alpha value is -1.39. The Labute approximate surface area is 116 Å². The van der Waals surface area contributed by atoms with E-state index in [2.05, 4.69) is 11.8 Å². The molecule has 6 heteroatoms. The average Bonchev–Trinajstić information content (AvgIpc) is 2.84. The smallest absolute Gasteiger partial charge is 0.237 e. The Kier molecular flexibility index (Phi) is 4.93. The summed E-state index contributed by atoms with van der Waals surface area (Å²) in [6.07, 6.45) is 0. The molecule has 0 aliphatic carbocycles. The first-order chi connectivity index (χ1) is 9.20. The largest absolute Gasteiger partial charge is 0.384 e. The second-order valence-corrected chi connectivity index (χ2v) is 5.36. The van der Waals surface area contributed by atoms with Gasteiger partial charge in [-0.25, -0.2) is 0 Å². The van der Waals surface area contributed by atoms with Crippen molar-refractivity contribution < 1.29 is 14.6 Å². The van der Waals surface area contributed by atoms with Crippen molar-refractivity contribution >= 4 is 17.2 Å². The first-order valence-electron chi connectivity index (χ1n) is 6.00. The zero-order valence-electron chi connectivity index (χ0n) is 10.5. The Morgan fingerprint density at radius 3 is 3.21 bits per heavy atom. The maximum absolute atomic E-state index is 11.4. The fraction of sp³-hybridized carbons (Fsp3) is 0.462. The molecule has 1 aromatic heterocycles. The van der Waals surface area contributed by atoms with Gasteiger partial charge in [0.25, 0.3) is 0 Å². The number of primary amides is 1. The molecule has 19 heavy (non-hydrogen) atoms. The second-order valence-electron chi connectivity index (χ2n) is 4.19. The summed E-state index contributed by atoms with van der Waals surface area (Å²) in [6, 6.07) is 3.55. The van der Waals surface area contributed by atoms with Crippen LogP contribution in [-0.4, -0.2) is 48.3 Å². The van der Waals surface area contributed by atoms with Crippen molar-refractivity contribution in [2.45, 2.75) is 12.6 Å². The van der Waals surface area contributed by atoms with Gasteiger partial charge in [-0.3, -0.25) is 9.69 Å². The number of hydrogen-bond donors (Lipinski definition) is 2. The summed E-state index contributed by atoms with van der Waals surface area (Å²) >= 11 is 1.56. The number of nitrogens with two attached hydrogens (primary N) is 1. The first-order valence-corrected chi connectivity index (χ1v) is 6.82. The van der Waals surface area contributed by atoms with Crippen LogP contribution < -0.4 is 5.73 Å². The fourth-order valence-electron chi connectivity index (χ4n) is 1.95. The topological polar surface area (TPSA) is 75.8 Å². The van der Waals surface area contributed by atoms with E-state index in [1.54, 1.807) is 11.3 Å².